The number of pyridine rings is 1. The number of hydrogen-bond donors (Lipinski definition) is 2. The van der Waals surface area contributed by atoms with E-state index in [2.05, 4.69) is 25.6 Å². The number of aromatic nitrogens is 1. The fraction of sp³-hybridized carbons (Fsp3) is 0.286. The molecule has 1 aromatic heterocycles. The molecule has 0 amide bonds. The Kier molecular flexibility index (Phi) is 3.99. The van der Waals surface area contributed by atoms with Crippen LogP contribution in [0.4, 0.5) is 0 Å². The van der Waals surface area contributed by atoms with Gasteiger partial charge in [0.05, 0.1) is 0 Å². The van der Waals surface area contributed by atoms with E-state index in [1.807, 2.05) is 0 Å². The SMILES string of the molecule is NCCNS(=O)(=O)c1ccc(Br)cn1. The Bertz CT molecular complexity index is 390. The second kappa shape index (κ2) is 4.83. The number of nitrogens with zero attached hydrogens (tertiary/aromatic N) is 1. The van der Waals surface area contributed by atoms with Gasteiger partial charge in [0, 0.05) is 23.8 Å². The standard InChI is InChI=1S/C7H10BrN3O2S/c8-6-1-2-7(10-5-6)14(12,13)11-4-3-9/h1-2,5,11H,3-4,9H2. The summed E-state index contributed by atoms with van der Waals surface area (Å²) in [6, 6.07) is 3.03. The fourth-order valence-electron chi connectivity index (χ4n) is 0.788. The highest BCUT2D eigenvalue weighted by Crippen LogP contribution is 2.10. The first-order valence-corrected chi connectivity index (χ1v) is 6.15. The molecule has 78 valence electrons. The molecule has 0 fully saturated rings. The number of nitrogens with two attached hydrogens (primary N) is 1. The highest BCUT2D eigenvalue weighted by molar-refractivity contribution is 9.10. The predicted octanol–water partition coefficient (Wildman–Crippen LogP) is 0.0811. The maximum Gasteiger partial charge on any atom is 0.258 e. The summed E-state index contributed by atoms with van der Waals surface area (Å²) in [7, 11) is -3.50. The molecule has 1 aromatic rings. The first kappa shape index (κ1) is 11.6. The van der Waals surface area contributed by atoms with E-state index in [-0.39, 0.29) is 18.1 Å². The maximum absolute atomic E-state index is 11.5. The highest BCUT2D eigenvalue weighted by Gasteiger charge is 2.13. The van der Waals surface area contributed by atoms with Crippen molar-refractivity contribution in [3.8, 4) is 0 Å². The first-order chi connectivity index (χ1) is 6.56. The Morgan fingerprint density at radius 3 is 2.71 bits per heavy atom. The summed E-state index contributed by atoms with van der Waals surface area (Å²) >= 11 is 3.17. The summed E-state index contributed by atoms with van der Waals surface area (Å²) in [5.41, 5.74) is 5.18. The van der Waals surface area contributed by atoms with Crippen LogP contribution < -0.4 is 10.5 Å². The van der Waals surface area contributed by atoms with Crippen LogP contribution in [0.15, 0.2) is 27.8 Å². The first-order valence-electron chi connectivity index (χ1n) is 3.87. The zero-order valence-electron chi connectivity index (χ0n) is 7.27. The van der Waals surface area contributed by atoms with Crippen molar-refractivity contribution in [1.82, 2.24) is 9.71 Å². The molecule has 1 heterocycles. The van der Waals surface area contributed by atoms with Crippen LogP contribution in [0, 0.1) is 0 Å². The third-order valence-electron chi connectivity index (χ3n) is 1.41. The minimum absolute atomic E-state index is 0.00542. The molecule has 0 saturated carbocycles. The average Bonchev–Trinajstić information content (AvgIpc) is 2.16. The van der Waals surface area contributed by atoms with Gasteiger partial charge in [-0.05, 0) is 28.1 Å². The van der Waals surface area contributed by atoms with Gasteiger partial charge in [-0.25, -0.2) is 18.1 Å². The summed E-state index contributed by atoms with van der Waals surface area (Å²) in [6.45, 7) is 0.468. The summed E-state index contributed by atoms with van der Waals surface area (Å²) < 4.78 is 26.0. The Hall–Kier alpha value is -0.500. The van der Waals surface area contributed by atoms with E-state index in [4.69, 9.17) is 5.73 Å². The normalized spacial score (nSPS) is 11.6. The lowest BCUT2D eigenvalue weighted by molar-refractivity contribution is 0.578. The van der Waals surface area contributed by atoms with Crippen molar-refractivity contribution in [2.75, 3.05) is 13.1 Å². The second-order valence-electron chi connectivity index (χ2n) is 2.50. The zero-order chi connectivity index (χ0) is 10.6. The molecular weight excluding hydrogens is 270 g/mol. The second-order valence-corrected chi connectivity index (χ2v) is 5.13. The summed E-state index contributed by atoms with van der Waals surface area (Å²) in [4.78, 5) is 3.76. The zero-order valence-corrected chi connectivity index (χ0v) is 9.68. The molecule has 0 aliphatic heterocycles. The average molecular weight is 280 g/mol. The topological polar surface area (TPSA) is 85.1 Å². The molecule has 0 aromatic carbocycles. The monoisotopic (exact) mass is 279 g/mol. The van der Waals surface area contributed by atoms with Crippen molar-refractivity contribution in [2.24, 2.45) is 5.73 Å². The van der Waals surface area contributed by atoms with Gasteiger partial charge in [-0.2, -0.15) is 0 Å². The number of sulfonamides is 1. The molecular formula is C7H10BrN3O2S. The summed E-state index contributed by atoms with van der Waals surface area (Å²) in [6.07, 6.45) is 1.43. The molecule has 5 nitrogen and oxygen atoms in total. The molecule has 0 saturated heterocycles. The Balaban J connectivity index is 2.87. The van der Waals surface area contributed by atoms with Crippen molar-refractivity contribution in [3.63, 3.8) is 0 Å². The van der Waals surface area contributed by atoms with E-state index in [9.17, 15) is 8.42 Å². The van der Waals surface area contributed by atoms with E-state index < -0.39 is 10.0 Å². The molecule has 0 spiro atoms. The molecule has 0 unspecified atom stereocenters. The van der Waals surface area contributed by atoms with Crippen molar-refractivity contribution in [3.05, 3.63) is 22.8 Å². The molecule has 7 heteroatoms. The maximum atomic E-state index is 11.5. The number of nitrogens with one attached hydrogen (secondary N) is 1. The fourth-order valence-corrected chi connectivity index (χ4v) is 2.00. The van der Waals surface area contributed by atoms with Gasteiger partial charge in [0.15, 0.2) is 5.03 Å². The number of rotatable bonds is 4. The van der Waals surface area contributed by atoms with Crippen molar-refractivity contribution in [1.29, 1.82) is 0 Å². The third kappa shape index (κ3) is 3.02. The van der Waals surface area contributed by atoms with Gasteiger partial charge in [0.25, 0.3) is 10.0 Å². The molecule has 0 aliphatic carbocycles. The van der Waals surface area contributed by atoms with E-state index >= 15 is 0 Å². The molecule has 3 N–H and O–H groups in total. The summed E-state index contributed by atoms with van der Waals surface area (Å²) in [5.74, 6) is 0. The van der Waals surface area contributed by atoms with Gasteiger partial charge in [0.2, 0.25) is 0 Å². The minimum atomic E-state index is -3.50. The van der Waals surface area contributed by atoms with Gasteiger partial charge in [-0.15, -0.1) is 0 Å². The van der Waals surface area contributed by atoms with Gasteiger partial charge >= 0.3 is 0 Å². The predicted molar refractivity (Wildman–Crippen MR) is 56.2 cm³/mol. The summed E-state index contributed by atoms with van der Waals surface area (Å²) in [5, 5.41) is -0.00542. The molecule has 0 aliphatic rings. The Morgan fingerprint density at radius 2 is 2.21 bits per heavy atom. The Morgan fingerprint density at radius 1 is 1.50 bits per heavy atom. The van der Waals surface area contributed by atoms with Crippen molar-refractivity contribution >= 4 is 26.0 Å². The number of hydrogen-bond acceptors (Lipinski definition) is 4. The van der Waals surface area contributed by atoms with Crippen LogP contribution >= 0.6 is 15.9 Å². The van der Waals surface area contributed by atoms with Crippen LogP contribution in [0.2, 0.25) is 0 Å². The van der Waals surface area contributed by atoms with Crippen LogP contribution in [0.5, 0.6) is 0 Å². The van der Waals surface area contributed by atoms with E-state index in [1.54, 1.807) is 6.07 Å². The van der Waals surface area contributed by atoms with Gasteiger partial charge < -0.3 is 5.73 Å². The van der Waals surface area contributed by atoms with Gasteiger partial charge in [-0.1, -0.05) is 0 Å². The lowest BCUT2D eigenvalue weighted by Crippen LogP contribution is -2.29. The highest BCUT2D eigenvalue weighted by atomic mass is 79.9. The van der Waals surface area contributed by atoms with Crippen molar-refractivity contribution < 1.29 is 8.42 Å². The van der Waals surface area contributed by atoms with Crippen LogP contribution in [0.1, 0.15) is 0 Å². The van der Waals surface area contributed by atoms with E-state index in [0.29, 0.717) is 0 Å². The third-order valence-corrected chi connectivity index (χ3v) is 3.26. The van der Waals surface area contributed by atoms with Gasteiger partial charge in [-0.3, -0.25) is 0 Å². The smallest absolute Gasteiger partial charge is 0.258 e. The molecule has 0 radical (unpaired) electrons. The quantitative estimate of drug-likeness (QED) is 0.818. The minimum Gasteiger partial charge on any atom is -0.329 e. The Labute approximate surface area is 90.9 Å². The lowest BCUT2D eigenvalue weighted by atomic mass is 10.5. The molecule has 0 bridgehead atoms. The molecule has 0 atom stereocenters. The molecule has 1 rings (SSSR count). The van der Waals surface area contributed by atoms with Crippen LogP contribution in [-0.4, -0.2) is 26.5 Å². The van der Waals surface area contributed by atoms with Crippen LogP contribution in [0.3, 0.4) is 0 Å². The van der Waals surface area contributed by atoms with Crippen LogP contribution in [-0.2, 0) is 10.0 Å². The van der Waals surface area contributed by atoms with E-state index in [1.165, 1.54) is 12.3 Å². The van der Waals surface area contributed by atoms with Gasteiger partial charge in [0.1, 0.15) is 0 Å². The molecule has 14 heavy (non-hydrogen) atoms. The van der Waals surface area contributed by atoms with Crippen LogP contribution in [0.25, 0.3) is 0 Å². The lowest BCUT2D eigenvalue weighted by Gasteiger charge is -2.03. The largest absolute Gasteiger partial charge is 0.329 e. The van der Waals surface area contributed by atoms with E-state index in [0.717, 1.165) is 4.47 Å². The van der Waals surface area contributed by atoms with Crippen molar-refractivity contribution in [2.45, 2.75) is 5.03 Å². The number of halogens is 1.